The van der Waals surface area contributed by atoms with Crippen molar-refractivity contribution in [2.45, 2.75) is 26.2 Å². The minimum Gasteiger partial charge on any atom is -0.454 e. The smallest absolute Gasteiger partial charge is 0.339 e. The summed E-state index contributed by atoms with van der Waals surface area (Å²) in [5, 5.41) is 0.787. The number of Topliss-reactive ketones (excluding diaryl/α,β-unsaturated/α-hetero) is 1. The SMILES string of the molecule is C[C@@H]1CCc2nc3ccccc3c(C(=O)OCC(=O)c3cccc(Br)c3)c2C1. The number of hydrogen-bond acceptors (Lipinski definition) is 4. The molecule has 1 aliphatic rings. The molecule has 0 saturated carbocycles. The largest absolute Gasteiger partial charge is 0.454 e. The van der Waals surface area contributed by atoms with Crippen LogP contribution in [0.1, 0.15) is 45.3 Å². The Balaban J connectivity index is 1.65. The molecule has 0 saturated heterocycles. The minimum absolute atomic E-state index is 0.227. The number of carbonyl (C=O) groups is 2. The van der Waals surface area contributed by atoms with Crippen LogP contribution in [0.15, 0.2) is 53.0 Å². The van der Waals surface area contributed by atoms with E-state index in [1.165, 1.54) is 0 Å². The van der Waals surface area contributed by atoms with Gasteiger partial charge in [-0.05, 0) is 48.9 Å². The lowest BCUT2D eigenvalue weighted by Crippen LogP contribution is -2.21. The maximum Gasteiger partial charge on any atom is 0.339 e. The van der Waals surface area contributed by atoms with E-state index < -0.39 is 5.97 Å². The highest BCUT2D eigenvalue weighted by molar-refractivity contribution is 9.10. The first kappa shape index (κ1) is 18.8. The number of rotatable bonds is 4. The number of aryl methyl sites for hydroxylation is 1. The Morgan fingerprint density at radius 2 is 2.00 bits per heavy atom. The van der Waals surface area contributed by atoms with E-state index in [1.54, 1.807) is 18.2 Å². The average molecular weight is 438 g/mol. The Morgan fingerprint density at radius 1 is 1.18 bits per heavy atom. The molecule has 3 aromatic rings. The maximum atomic E-state index is 13.0. The molecule has 0 bridgehead atoms. The van der Waals surface area contributed by atoms with Crippen molar-refractivity contribution in [1.82, 2.24) is 4.98 Å². The predicted octanol–water partition coefficient (Wildman–Crippen LogP) is 5.16. The van der Waals surface area contributed by atoms with Gasteiger partial charge in [-0.3, -0.25) is 9.78 Å². The van der Waals surface area contributed by atoms with E-state index in [2.05, 4.69) is 22.9 Å². The van der Waals surface area contributed by atoms with Crippen LogP contribution in [0, 0.1) is 5.92 Å². The molecular weight excluding hydrogens is 418 g/mol. The predicted molar refractivity (Wildman–Crippen MR) is 112 cm³/mol. The second-order valence-corrected chi connectivity index (χ2v) is 8.20. The fourth-order valence-corrected chi connectivity index (χ4v) is 4.14. The molecule has 1 heterocycles. The lowest BCUT2D eigenvalue weighted by Gasteiger charge is -2.24. The number of benzene rings is 2. The molecule has 28 heavy (non-hydrogen) atoms. The minimum atomic E-state index is -0.452. The Labute approximate surface area is 172 Å². The van der Waals surface area contributed by atoms with E-state index in [0.717, 1.165) is 45.9 Å². The van der Waals surface area contributed by atoms with Crippen LogP contribution in [-0.2, 0) is 17.6 Å². The molecule has 142 valence electrons. The first-order valence-corrected chi connectivity index (χ1v) is 10.2. The lowest BCUT2D eigenvalue weighted by atomic mass is 9.84. The summed E-state index contributed by atoms with van der Waals surface area (Å²) in [7, 11) is 0. The Kier molecular flexibility index (Phi) is 5.27. The number of hydrogen-bond donors (Lipinski definition) is 0. The van der Waals surface area contributed by atoms with Crippen molar-refractivity contribution in [3.05, 3.63) is 75.4 Å². The van der Waals surface area contributed by atoms with Gasteiger partial charge in [0.25, 0.3) is 0 Å². The van der Waals surface area contributed by atoms with E-state index in [-0.39, 0.29) is 12.4 Å². The number of ether oxygens (including phenoxy) is 1. The average Bonchev–Trinajstić information content (AvgIpc) is 2.70. The second kappa shape index (κ2) is 7.84. The topological polar surface area (TPSA) is 56.3 Å². The third-order valence-corrected chi connectivity index (χ3v) is 5.68. The number of halogens is 1. The maximum absolute atomic E-state index is 13.0. The quantitative estimate of drug-likeness (QED) is 0.417. The number of aromatic nitrogens is 1. The van der Waals surface area contributed by atoms with Crippen LogP contribution >= 0.6 is 15.9 Å². The van der Waals surface area contributed by atoms with Gasteiger partial charge in [0.05, 0.1) is 11.1 Å². The van der Waals surface area contributed by atoms with Gasteiger partial charge in [-0.15, -0.1) is 0 Å². The van der Waals surface area contributed by atoms with Gasteiger partial charge in [0.2, 0.25) is 0 Å². The number of fused-ring (bicyclic) bond motifs is 2. The Hall–Kier alpha value is -2.53. The summed E-state index contributed by atoms with van der Waals surface area (Å²) in [5.41, 5.74) is 3.81. The third-order valence-electron chi connectivity index (χ3n) is 5.19. The van der Waals surface area contributed by atoms with Crippen LogP contribution in [-0.4, -0.2) is 23.3 Å². The third kappa shape index (κ3) is 3.72. The van der Waals surface area contributed by atoms with Crippen molar-refractivity contribution in [3.8, 4) is 0 Å². The number of carbonyl (C=O) groups excluding carboxylic acids is 2. The summed E-state index contributed by atoms with van der Waals surface area (Å²) >= 11 is 3.35. The van der Waals surface area contributed by atoms with E-state index in [4.69, 9.17) is 9.72 Å². The zero-order chi connectivity index (χ0) is 19.7. The molecule has 0 aliphatic heterocycles. The van der Waals surface area contributed by atoms with E-state index in [9.17, 15) is 9.59 Å². The van der Waals surface area contributed by atoms with E-state index in [1.807, 2.05) is 30.3 Å². The molecular formula is C23H20BrNO3. The molecule has 1 atom stereocenters. The molecule has 5 heteroatoms. The molecule has 1 aliphatic carbocycles. The molecule has 0 fully saturated rings. The van der Waals surface area contributed by atoms with Crippen molar-refractivity contribution in [2.24, 2.45) is 5.92 Å². The molecule has 0 spiro atoms. The van der Waals surface area contributed by atoms with Crippen LogP contribution in [0.4, 0.5) is 0 Å². The van der Waals surface area contributed by atoms with Crippen molar-refractivity contribution >= 4 is 38.6 Å². The normalized spacial score (nSPS) is 15.9. The van der Waals surface area contributed by atoms with E-state index in [0.29, 0.717) is 17.0 Å². The van der Waals surface area contributed by atoms with Crippen LogP contribution in [0.25, 0.3) is 10.9 Å². The van der Waals surface area contributed by atoms with Gasteiger partial charge in [0.1, 0.15) is 0 Å². The fourth-order valence-electron chi connectivity index (χ4n) is 3.74. The summed E-state index contributed by atoms with van der Waals surface area (Å²) in [5.74, 6) is -0.187. The van der Waals surface area contributed by atoms with Gasteiger partial charge < -0.3 is 4.74 Å². The standard InChI is InChI=1S/C23H20BrNO3/c1-14-9-10-20-18(11-14)22(17-7-2-3-8-19(17)25-20)23(27)28-13-21(26)15-5-4-6-16(24)12-15/h2-8,12,14H,9-11,13H2,1H3/t14-/m1/s1. The van der Waals surface area contributed by atoms with Crippen molar-refractivity contribution in [2.75, 3.05) is 6.61 Å². The first-order valence-electron chi connectivity index (χ1n) is 9.39. The highest BCUT2D eigenvalue weighted by Crippen LogP contribution is 2.32. The Morgan fingerprint density at radius 3 is 2.82 bits per heavy atom. The van der Waals surface area contributed by atoms with Crippen molar-refractivity contribution < 1.29 is 14.3 Å². The molecule has 4 rings (SSSR count). The monoisotopic (exact) mass is 437 g/mol. The molecule has 0 N–H and O–H groups in total. The zero-order valence-corrected chi connectivity index (χ0v) is 17.2. The lowest BCUT2D eigenvalue weighted by molar-refractivity contribution is 0.0475. The first-order chi connectivity index (χ1) is 13.5. The number of para-hydroxylation sites is 1. The number of nitrogens with zero attached hydrogens (tertiary/aromatic N) is 1. The summed E-state index contributed by atoms with van der Waals surface area (Å²) in [6.07, 6.45) is 2.73. The van der Waals surface area contributed by atoms with Gasteiger partial charge >= 0.3 is 5.97 Å². The fraction of sp³-hybridized carbons (Fsp3) is 0.261. The summed E-state index contributed by atoms with van der Waals surface area (Å²) < 4.78 is 6.27. The number of esters is 1. The molecule has 2 aromatic carbocycles. The number of ketones is 1. The Bertz CT molecular complexity index is 1080. The summed E-state index contributed by atoms with van der Waals surface area (Å²) in [6.45, 7) is 1.90. The molecule has 0 amide bonds. The van der Waals surface area contributed by atoms with Crippen LogP contribution in [0.5, 0.6) is 0 Å². The molecule has 1 aromatic heterocycles. The van der Waals surface area contributed by atoms with Gasteiger partial charge in [-0.25, -0.2) is 4.79 Å². The number of pyridine rings is 1. The van der Waals surface area contributed by atoms with Gasteiger partial charge in [0, 0.05) is 21.1 Å². The molecule has 0 radical (unpaired) electrons. The summed E-state index contributed by atoms with van der Waals surface area (Å²) in [4.78, 5) is 30.2. The second-order valence-electron chi connectivity index (χ2n) is 7.29. The summed E-state index contributed by atoms with van der Waals surface area (Å²) in [6, 6.07) is 14.7. The van der Waals surface area contributed by atoms with Crippen molar-refractivity contribution in [3.63, 3.8) is 0 Å². The molecule has 4 nitrogen and oxygen atoms in total. The highest BCUT2D eigenvalue weighted by Gasteiger charge is 2.26. The van der Waals surface area contributed by atoms with Gasteiger partial charge in [0.15, 0.2) is 12.4 Å². The van der Waals surface area contributed by atoms with E-state index >= 15 is 0 Å². The van der Waals surface area contributed by atoms with Crippen molar-refractivity contribution in [1.29, 1.82) is 0 Å². The highest BCUT2D eigenvalue weighted by atomic mass is 79.9. The zero-order valence-electron chi connectivity index (χ0n) is 15.6. The van der Waals surface area contributed by atoms with Gasteiger partial charge in [-0.1, -0.05) is 53.2 Å². The van der Waals surface area contributed by atoms with Crippen LogP contribution in [0.2, 0.25) is 0 Å². The van der Waals surface area contributed by atoms with Gasteiger partial charge in [-0.2, -0.15) is 0 Å². The van der Waals surface area contributed by atoms with Crippen LogP contribution < -0.4 is 0 Å². The molecule has 0 unspecified atom stereocenters. The van der Waals surface area contributed by atoms with Crippen LogP contribution in [0.3, 0.4) is 0 Å².